The Balaban J connectivity index is 2.08. The number of ether oxygens (including phenoxy) is 1. The van der Waals surface area contributed by atoms with Gasteiger partial charge in [0, 0.05) is 6.61 Å². The molecular formula is C12H22N2O. The Morgan fingerprint density at radius 3 is 2.67 bits per heavy atom. The summed E-state index contributed by atoms with van der Waals surface area (Å²) in [5.41, 5.74) is -0.390. The summed E-state index contributed by atoms with van der Waals surface area (Å²) in [6, 6.07) is 2.29. The second-order valence-corrected chi connectivity index (χ2v) is 4.57. The molecule has 1 unspecified atom stereocenters. The van der Waals surface area contributed by atoms with Crippen LogP contribution in [-0.2, 0) is 4.74 Å². The summed E-state index contributed by atoms with van der Waals surface area (Å²) in [4.78, 5) is 0. The van der Waals surface area contributed by atoms with E-state index in [-0.39, 0.29) is 5.54 Å². The van der Waals surface area contributed by atoms with Crippen LogP contribution in [0.1, 0.15) is 45.4 Å². The Kier molecular flexibility index (Phi) is 5.07. The van der Waals surface area contributed by atoms with Gasteiger partial charge in [0.25, 0.3) is 0 Å². The third-order valence-corrected chi connectivity index (χ3v) is 3.28. The molecule has 1 aliphatic carbocycles. The molecule has 3 nitrogen and oxygen atoms in total. The summed E-state index contributed by atoms with van der Waals surface area (Å²) in [7, 11) is 1.83. The van der Waals surface area contributed by atoms with E-state index in [9.17, 15) is 0 Å². The van der Waals surface area contributed by atoms with Crippen molar-refractivity contribution in [2.24, 2.45) is 0 Å². The summed E-state index contributed by atoms with van der Waals surface area (Å²) < 4.78 is 5.75. The van der Waals surface area contributed by atoms with Crippen LogP contribution in [0.4, 0.5) is 0 Å². The molecule has 1 rings (SSSR count). The highest BCUT2D eigenvalue weighted by Crippen LogP contribution is 2.21. The topological polar surface area (TPSA) is 45.0 Å². The highest BCUT2D eigenvalue weighted by Gasteiger charge is 2.21. The molecule has 0 aliphatic heterocycles. The van der Waals surface area contributed by atoms with Gasteiger partial charge in [-0.1, -0.05) is 12.8 Å². The van der Waals surface area contributed by atoms with E-state index in [0.717, 1.165) is 19.4 Å². The molecule has 0 aromatic rings. The average molecular weight is 210 g/mol. The second kappa shape index (κ2) is 6.09. The molecule has 1 N–H and O–H groups in total. The van der Waals surface area contributed by atoms with Gasteiger partial charge in [0.05, 0.1) is 12.2 Å². The van der Waals surface area contributed by atoms with Crippen molar-refractivity contribution in [1.29, 1.82) is 5.26 Å². The van der Waals surface area contributed by atoms with Gasteiger partial charge in [-0.2, -0.15) is 5.26 Å². The number of rotatable bonds is 6. The van der Waals surface area contributed by atoms with Gasteiger partial charge in [-0.25, -0.2) is 0 Å². The number of nitriles is 1. The van der Waals surface area contributed by atoms with Gasteiger partial charge in [0.1, 0.15) is 5.54 Å². The van der Waals surface area contributed by atoms with Crippen molar-refractivity contribution < 1.29 is 4.74 Å². The molecule has 1 saturated carbocycles. The molecule has 0 amide bonds. The fourth-order valence-electron chi connectivity index (χ4n) is 1.97. The largest absolute Gasteiger partial charge is 0.378 e. The van der Waals surface area contributed by atoms with E-state index in [2.05, 4.69) is 11.4 Å². The average Bonchev–Trinajstić information content (AvgIpc) is 2.77. The van der Waals surface area contributed by atoms with E-state index in [1.54, 1.807) is 0 Å². The number of hydrogen-bond acceptors (Lipinski definition) is 3. The smallest absolute Gasteiger partial charge is 0.103 e. The van der Waals surface area contributed by atoms with Gasteiger partial charge in [-0.3, -0.25) is 0 Å². The minimum absolute atomic E-state index is 0.390. The molecule has 0 heterocycles. The minimum Gasteiger partial charge on any atom is -0.378 e. The highest BCUT2D eigenvalue weighted by atomic mass is 16.5. The first kappa shape index (κ1) is 12.5. The minimum atomic E-state index is -0.390. The van der Waals surface area contributed by atoms with Gasteiger partial charge in [0.2, 0.25) is 0 Å². The highest BCUT2D eigenvalue weighted by molar-refractivity contribution is 5.02. The lowest BCUT2D eigenvalue weighted by molar-refractivity contribution is 0.0538. The zero-order valence-electron chi connectivity index (χ0n) is 9.88. The first-order valence-electron chi connectivity index (χ1n) is 5.92. The normalized spacial score (nSPS) is 21.1. The zero-order valence-corrected chi connectivity index (χ0v) is 9.88. The van der Waals surface area contributed by atoms with E-state index in [4.69, 9.17) is 10.00 Å². The number of nitrogens with one attached hydrogen (secondary N) is 1. The summed E-state index contributed by atoms with van der Waals surface area (Å²) in [6.07, 6.45) is 7.39. The predicted molar refractivity (Wildman–Crippen MR) is 60.5 cm³/mol. The van der Waals surface area contributed by atoms with E-state index in [0.29, 0.717) is 6.10 Å². The number of nitrogens with zero attached hydrogens (tertiary/aromatic N) is 1. The molecule has 0 bridgehead atoms. The van der Waals surface area contributed by atoms with Gasteiger partial charge in [0.15, 0.2) is 0 Å². The summed E-state index contributed by atoms with van der Waals surface area (Å²) in [5, 5.41) is 12.0. The first-order valence-corrected chi connectivity index (χ1v) is 5.92. The van der Waals surface area contributed by atoms with Crippen molar-refractivity contribution in [3.05, 3.63) is 0 Å². The van der Waals surface area contributed by atoms with Crippen molar-refractivity contribution in [2.45, 2.75) is 57.1 Å². The Morgan fingerprint density at radius 2 is 2.13 bits per heavy atom. The fraction of sp³-hybridized carbons (Fsp3) is 0.917. The van der Waals surface area contributed by atoms with Crippen molar-refractivity contribution >= 4 is 0 Å². The third-order valence-electron chi connectivity index (χ3n) is 3.28. The fourth-order valence-corrected chi connectivity index (χ4v) is 1.97. The van der Waals surface area contributed by atoms with Crippen molar-refractivity contribution in [3.63, 3.8) is 0 Å². The molecule has 86 valence electrons. The van der Waals surface area contributed by atoms with Crippen LogP contribution < -0.4 is 5.32 Å². The van der Waals surface area contributed by atoms with Gasteiger partial charge < -0.3 is 10.1 Å². The predicted octanol–water partition coefficient (Wildman–Crippen LogP) is 2.23. The Hall–Kier alpha value is -0.590. The summed E-state index contributed by atoms with van der Waals surface area (Å²) in [6.45, 7) is 2.73. The Bertz CT molecular complexity index is 218. The lowest BCUT2D eigenvalue weighted by Crippen LogP contribution is -2.38. The first-order chi connectivity index (χ1) is 7.20. The Morgan fingerprint density at radius 1 is 1.47 bits per heavy atom. The maximum atomic E-state index is 8.94. The molecule has 1 atom stereocenters. The van der Waals surface area contributed by atoms with Crippen molar-refractivity contribution in [3.8, 4) is 6.07 Å². The summed E-state index contributed by atoms with van der Waals surface area (Å²) >= 11 is 0. The van der Waals surface area contributed by atoms with Crippen LogP contribution in [-0.4, -0.2) is 25.3 Å². The van der Waals surface area contributed by atoms with Crippen LogP contribution in [0, 0.1) is 11.3 Å². The van der Waals surface area contributed by atoms with Gasteiger partial charge in [-0.05, 0) is 39.7 Å². The molecule has 1 fully saturated rings. The molecule has 0 radical (unpaired) electrons. The monoisotopic (exact) mass is 210 g/mol. The standard InChI is InChI=1S/C12H22N2O/c1-12(10-13,14-2)8-5-9-15-11-6-3-4-7-11/h11,14H,3-9H2,1-2H3. The molecule has 15 heavy (non-hydrogen) atoms. The van der Waals surface area contributed by atoms with Crippen LogP contribution in [0.15, 0.2) is 0 Å². The van der Waals surface area contributed by atoms with Crippen LogP contribution in [0.3, 0.4) is 0 Å². The van der Waals surface area contributed by atoms with Crippen LogP contribution in [0.25, 0.3) is 0 Å². The molecule has 0 saturated heterocycles. The molecule has 0 aromatic heterocycles. The third kappa shape index (κ3) is 4.19. The van der Waals surface area contributed by atoms with Crippen LogP contribution >= 0.6 is 0 Å². The maximum absolute atomic E-state index is 8.94. The van der Waals surface area contributed by atoms with E-state index < -0.39 is 0 Å². The Labute approximate surface area is 92.8 Å². The van der Waals surface area contributed by atoms with Gasteiger partial charge >= 0.3 is 0 Å². The van der Waals surface area contributed by atoms with Crippen LogP contribution in [0.2, 0.25) is 0 Å². The molecule has 1 aliphatic rings. The van der Waals surface area contributed by atoms with E-state index in [1.165, 1.54) is 25.7 Å². The lowest BCUT2D eigenvalue weighted by Gasteiger charge is -2.20. The van der Waals surface area contributed by atoms with Gasteiger partial charge in [-0.15, -0.1) is 0 Å². The number of hydrogen-bond donors (Lipinski definition) is 1. The molecule has 3 heteroatoms. The van der Waals surface area contributed by atoms with Crippen LogP contribution in [0.5, 0.6) is 0 Å². The second-order valence-electron chi connectivity index (χ2n) is 4.57. The molecule has 0 spiro atoms. The van der Waals surface area contributed by atoms with Crippen molar-refractivity contribution in [1.82, 2.24) is 5.32 Å². The zero-order chi connectivity index (χ0) is 11.1. The van der Waals surface area contributed by atoms with E-state index >= 15 is 0 Å². The van der Waals surface area contributed by atoms with Crippen molar-refractivity contribution in [2.75, 3.05) is 13.7 Å². The van der Waals surface area contributed by atoms with E-state index in [1.807, 2.05) is 14.0 Å². The molecular weight excluding hydrogens is 188 g/mol. The summed E-state index contributed by atoms with van der Waals surface area (Å²) in [5.74, 6) is 0. The molecule has 0 aromatic carbocycles. The lowest BCUT2D eigenvalue weighted by atomic mass is 9.98. The quantitative estimate of drug-likeness (QED) is 0.684. The SMILES string of the molecule is CNC(C)(C#N)CCCOC1CCCC1. The maximum Gasteiger partial charge on any atom is 0.103 e.